The van der Waals surface area contributed by atoms with Crippen LogP contribution in [0.1, 0.15) is 19.8 Å². The van der Waals surface area contributed by atoms with E-state index < -0.39 is 0 Å². The van der Waals surface area contributed by atoms with Crippen molar-refractivity contribution in [2.45, 2.75) is 26.3 Å². The number of carbonyl (C=O) groups is 1. The van der Waals surface area contributed by atoms with Crippen LogP contribution in [0.2, 0.25) is 0 Å². The van der Waals surface area contributed by atoms with E-state index in [2.05, 4.69) is 10.3 Å². The molecule has 0 bridgehead atoms. The normalized spacial score (nSPS) is 10.7. The molecule has 0 aliphatic carbocycles. The van der Waals surface area contributed by atoms with E-state index in [9.17, 15) is 4.79 Å². The van der Waals surface area contributed by atoms with Crippen LogP contribution < -0.4 is 0 Å². The van der Waals surface area contributed by atoms with Gasteiger partial charge in [0.05, 0.1) is 12.1 Å². The van der Waals surface area contributed by atoms with Crippen LogP contribution in [-0.4, -0.2) is 20.8 Å². The SMILES string of the molecule is CCC(=O)CCn1nnc2ccccc21. The van der Waals surface area contributed by atoms with E-state index in [1.54, 1.807) is 4.68 Å². The third kappa shape index (κ3) is 2.03. The minimum Gasteiger partial charge on any atom is -0.300 e. The summed E-state index contributed by atoms with van der Waals surface area (Å²) in [6, 6.07) is 7.76. The second-order valence-electron chi connectivity index (χ2n) is 3.44. The van der Waals surface area contributed by atoms with E-state index >= 15 is 0 Å². The molecule has 0 aliphatic heterocycles. The van der Waals surface area contributed by atoms with Crippen LogP contribution in [0, 0.1) is 0 Å². The van der Waals surface area contributed by atoms with Gasteiger partial charge >= 0.3 is 0 Å². The van der Waals surface area contributed by atoms with Crippen molar-refractivity contribution in [3.63, 3.8) is 0 Å². The van der Waals surface area contributed by atoms with Gasteiger partial charge in [-0.25, -0.2) is 4.68 Å². The standard InChI is InChI=1S/C11H13N3O/c1-2-9(15)7-8-14-11-6-4-3-5-10(11)12-13-14/h3-6H,2,7-8H2,1H3. The maximum atomic E-state index is 11.2. The molecule has 0 spiro atoms. The molecule has 0 amide bonds. The number of ketones is 1. The van der Waals surface area contributed by atoms with E-state index in [0.717, 1.165) is 11.0 Å². The highest BCUT2D eigenvalue weighted by Gasteiger charge is 2.04. The van der Waals surface area contributed by atoms with Gasteiger partial charge in [-0.1, -0.05) is 24.3 Å². The molecule has 0 fully saturated rings. The lowest BCUT2D eigenvalue weighted by Gasteiger charge is -1.99. The number of hydrogen-bond donors (Lipinski definition) is 0. The molecule has 0 unspecified atom stereocenters. The number of Topliss-reactive ketones (excluding diaryl/α,β-unsaturated/α-hetero) is 1. The minimum absolute atomic E-state index is 0.259. The average molecular weight is 203 g/mol. The molecule has 4 nitrogen and oxygen atoms in total. The van der Waals surface area contributed by atoms with Gasteiger partial charge in [0, 0.05) is 12.8 Å². The van der Waals surface area contributed by atoms with Crippen LogP contribution >= 0.6 is 0 Å². The molecule has 78 valence electrons. The van der Waals surface area contributed by atoms with Crippen molar-refractivity contribution in [1.29, 1.82) is 0 Å². The summed E-state index contributed by atoms with van der Waals surface area (Å²) in [5.74, 6) is 0.259. The van der Waals surface area contributed by atoms with Crippen LogP contribution in [-0.2, 0) is 11.3 Å². The second-order valence-corrected chi connectivity index (χ2v) is 3.44. The molecule has 0 saturated carbocycles. The van der Waals surface area contributed by atoms with E-state index in [0.29, 0.717) is 19.4 Å². The molecule has 0 aliphatic rings. The van der Waals surface area contributed by atoms with Crippen LogP contribution in [0.25, 0.3) is 11.0 Å². The van der Waals surface area contributed by atoms with Crippen LogP contribution in [0.4, 0.5) is 0 Å². The Kier molecular flexibility index (Phi) is 2.76. The van der Waals surface area contributed by atoms with Crippen LogP contribution in [0.3, 0.4) is 0 Å². The molecular formula is C11H13N3O. The first-order valence-corrected chi connectivity index (χ1v) is 5.11. The molecule has 1 aromatic heterocycles. The van der Waals surface area contributed by atoms with Crippen molar-refractivity contribution in [3.05, 3.63) is 24.3 Å². The van der Waals surface area contributed by atoms with E-state index in [4.69, 9.17) is 0 Å². The fourth-order valence-corrected chi connectivity index (χ4v) is 1.49. The lowest BCUT2D eigenvalue weighted by atomic mass is 10.2. The Morgan fingerprint density at radius 1 is 1.40 bits per heavy atom. The van der Waals surface area contributed by atoms with E-state index in [1.807, 2.05) is 31.2 Å². The first kappa shape index (κ1) is 9.83. The summed E-state index contributed by atoms with van der Waals surface area (Å²) in [4.78, 5) is 11.2. The predicted molar refractivity (Wildman–Crippen MR) is 57.4 cm³/mol. The first-order valence-electron chi connectivity index (χ1n) is 5.11. The Labute approximate surface area is 87.9 Å². The van der Waals surface area contributed by atoms with Gasteiger partial charge in [-0.15, -0.1) is 5.10 Å². The molecular weight excluding hydrogens is 190 g/mol. The minimum atomic E-state index is 0.259. The van der Waals surface area contributed by atoms with Gasteiger partial charge in [-0.3, -0.25) is 4.79 Å². The van der Waals surface area contributed by atoms with E-state index in [-0.39, 0.29) is 5.78 Å². The van der Waals surface area contributed by atoms with Gasteiger partial charge in [0.15, 0.2) is 0 Å². The van der Waals surface area contributed by atoms with Crippen LogP contribution in [0.15, 0.2) is 24.3 Å². The smallest absolute Gasteiger partial charge is 0.134 e. The highest BCUT2D eigenvalue weighted by molar-refractivity contribution is 5.78. The molecule has 1 heterocycles. The summed E-state index contributed by atoms with van der Waals surface area (Å²) < 4.78 is 1.78. The van der Waals surface area contributed by atoms with Crippen molar-refractivity contribution < 1.29 is 4.79 Å². The van der Waals surface area contributed by atoms with Crippen molar-refractivity contribution >= 4 is 16.8 Å². The fraction of sp³-hybridized carbons (Fsp3) is 0.364. The number of fused-ring (bicyclic) bond motifs is 1. The summed E-state index contributed by atoms with van der Waals surface area (Å²) in [6.45, 7) is 2.50. The zero-order chi connectivity index (χ0) is 10.7. The topological polar surface area (TPSA) is 47.8 Å². The number of hydrogen-bond acceptors (Lipinski definition) is 3. The number of para-hydroxylation sites is 1. The molecule has 4 heteroatoms. The number of carbonyl (C=O) groups excluding carboxylic acids is 1. The van der Waals surface area contributed by atoms with Gasteiger partial charge in [0.25, 0.3) is 0 Å². The lowest BCUT2D eigenvalue weighted by Crippen LogP contribution is -2.05. The summed E-state index contributed by atoms with van der Waals surface area (Å²) >= 11 is 0. The molecule has 2 rings (SSSR count). The van der Waals surface area contributed by atoms with Crippen molar-refractivity contribution in [2.75, 3.05) is 0 Å². The monoisotopic (exact) mass is 203 g/mol. The Morgan fingerprint density at radius 3 is 3.00 bits per heavy atom. The Morgan fingerprint density at radius 2 is 2.20 bits per heavy atom. The Hall–Kier alpha value is -1.71. The van der Waals surface area contributed by atoms with Crippen molar-refractivity contribution in [2.24, 2.45) is 0 Å². The quantitative estimate of drug-likeness (QED) is 0.761. The van der Waals surface area contributed by atoms with Gasteiger partial charge in [0.2, 0.25) is 0 Å². The largest absolute Gasteiger partial charge is 0.300 e. The Balaban J connectivity index is 2.18. The highest BCUT2D eigenvalue weighted by Crippen LogP contribution is 2.10. The summed E-state index contributed by atoms with van der Waals surface area (Å²) in [5.41, 5.74) is 1.86. The maximum absolute atomic E-state index is 11.2. The van der Waals surface area contributed by atoms with Crippen molar-refractivity contribution in [1.82, 2.24) is 15.0 Å². The third-order valence-electron chi connectivity index (χ3n) is 2.42. The van der Waals surface area contributed by atoms with Gasteiger partial charge in [-0.05, 0) is 12.1 Å². The number of nitrogens with zero attached hydrogens (tertiary/aromatic N) is 3. The van der Waals surface area contributed by atoms with Gasteiger partial charge in [0.1, 0.15) is 11.3 Å². The number of benzene rings is 1. The summed E-state index contributed by atoms with van der Waals surface area (Å²) in [7, 11) is 0. The maximum Gasteiger partial charge on any atom is 0.134 e. The summed E-state index contributed by atoms with van der Waals surface area (Å²) in [5, 5.41) is 8.04. The highest BCUT2D eigenvalue weighted by atomic mass is 16.1. The summed E-state index contributed by atoms with van der Waals surface area (Å²) in [6.07, 6.45) is 1.12. The van der Waals surface area contributed by atoms with Crippen molar-refractivity contribution in [3.8, 4) is 0 Å². The van der Waals surface area contributed by atoms with Gasteiger partial charge < -0.3 is 0 Å². The fourth-order valence-electron chi connectivity index (χ4n) is 1.49. The molecule has 0 radical (unpaired) electrons. The molecule has 0 atom stereocenters. The molecule has 15 heavy (non-hydrogen) atoms. The lowest BCUT2D eigenvalue weighted by molar-refractivity contribution is -0.119. The van der Waals surface area contributed by atoms with E-state index in [1.165, 1.54) is 0 Å². The van der Waals surface area contributed by atoms with Gasteiger partial charge in [-0.2, -0.15) is 0 Å². The predicted octanol–water partition coefficient (Wildman–Crippen LogP) is 1.80. The average Bonchev–Trinajstić information content (AvgIpc) is 2.69. The first-order chi connectivity index (χ1) is 7.31. The number of aryl methyl sites for hydroxylation is 1. The molecule has 1 aromatic carbocycles. The Bertz CT molecular complexity index is 475. The zero-order valence-corrected chi connectivity index (χ0v) is 8.68. The number of aromatic nitrogens is 3. The second kappa shape index (κ2) is 4.21. The molecule has 0 saturated heterocycles. The third-order valence-corrected chi connectivity index (χ3v) is 2.42. The molecule has 0 N–H and O–H groups in total. The number of rotatable bonds is 4. The zero-order valence-electron chi connectivity index (χ0n) is 8.68. The molecule has 2 aromatic rings. The van der Waals surface area contributed by atoms with Crippen LogP contribution in [0.5, 0.6) is 0 Å².